The van der Waals surface area contributed by atoms with Gasteiger partial charge in [-0.25, -0.2) is 4.79 Å². The van der Waals surface area contributed by atoms with Gasteiger partial charge in [0.05, 0.1) is 24.5 Å². The minimum atomic E-state index is -0.418. The number of hydrogen-bond acceptors (Lipinski definition) is 8. The highest BCUT2D eigenvalue weighted by molar-refractivity contribution is 9.10. The fraction of sp³-hybridized carbons (Fsp3) is 0.179. The van der Waals surface area contributed by atoms with Crippen LogP contribution in [0.3, 0.4) is 0 Å². The molecule has 0 atom stereocenters. The number of halogens is 1. The standard InChI is InChI=1S/C28H26BrN5O5S/c1-2-38-27(37)19-8-12-21(13-9-19)31-26(36)18-40-28-33-32-24(34(28)22-14-10-20(29)11-15-22)16-30-25(35)17-39-23-6-4-3-5-7-23/h3-15H,2,16-18H2,1H3,(H,30,35)(H,31,36). The van der Waals surface area contributed by atoms with Crippen molar-refractivity contribution in [3.8, 4) is 11.4 Å². The lowest BCUT2D eigenvalue weighted by atomic mass is 10.2. The van der Waals surface area contributed by atoms with E-state index >= 15 is 0 Å². The maximum absolute atomic E-state index is 12.7. The molecule has 0 radical (unpaired) electrons. The summed E-state index contributed by atoms with van der Waals surface area (Å²) >= 11 is 4.64. The Morgan fingerprint density at radius 1 is 0.925 bits per heavy atom. The van der Waals surface area contributed by atoms with Gasteiger partial charge in [-0.3, -0.25) is 14.2 Å². The van der Waals surface area contributed by atoms with Gasteiger partial charge in [-0.15, -0.1) is 10.2 Å². The van der Waals surface area contributed by atoms with Crippen LogP contribution in [0, 0.1) is 0 Å². The zero-order chi connectivity index (χ0) is 28.3. The van der Waals surface area contributed by atoms with Crippen molar-refractivity contribution < 1.29 is 23.9 Å². The number of amides is 2. The third kappa shape index (κ3) is 8.17. The van der Waals surface area contributed by atoms with E-state index < -0.39 is 5.97 Å². The summed E-state index contributed by atoms with van der Waals surface area (Å²) < 4.78 is 13.2. The van der Waals surface area contributed by atoms with Gasteiger partial charge in [0.2, 0.25) is 5.91 Å². The summed E-state index contributed by atoms with van der Waals surface area (Å²) in [6.45, 7) is 2.00. The van der Waals surface area contributed by atoms with E-state index in [0.717, 1.165) is 10.2 Å². The maximum atomic E-state index is 12.7. The Bertz CT molecular complexity index is 1450. The van der Waals surface area contributed by atoms with Crippen molar-refractivity contribution in [2.45, 2.75) is 18.6 Å². The number of ether oxygens (including phenoxy) is 2. The molecule has 0 bridgehead atoms. The summed E-state index contributed by atoms with van der Waals surface area (Å²) in [5.41, 5.74) is 1.73. The van der Waals surface area contributed by atoms with Crippen LogP contribution in [0.5, 0.6) is 5.75 Å². The van der Waals surface area contributed by atoms with E-state index in [-0.39, 0.29) is 37.3 Å². The molecule has 0 spiro atoms. The second kappa shape index (κ2) is 14.3. The molecule has 3 aromatic carbocycles. The summed E-state index contributed by atoms with van der Waals surface area (Å²) in [5, 5.41) is 14.6. The summed E-state index contributed by atoms with van der Waals surface area (Å²) in [7, 11) is 0. The number of hydrogen-bond donors (Lipinski definition) is 2. The van der Waals surface area contributed by atoms with Gasteiger partial charge < -0.3 is 20.1 Å². The first-order chi connectivity index (χ1) is 19.4. The number of nitrogens with zero attached hydrogens (tertiary/aromatic N) is 3. The van der Waals surface area contributed by atoms with Gasteiger partial charge in [0.25, 0.3) is 5.91 Å². The largest absolute Gasteiger partial charge is 0.484 e. The molecule has 12 heteroatoms. The minimum absolute atomic E-state index is 0.0611. The molecule has 1 heterocycles. The molecule has 4 rings (SSSR count). The number of esters is 1. The predicted octanol–water partition coefficient (Wildman–Crippen LogP) is 4.63. The lowest BCUT2D eigenvalue weighted by Gasteiger charge is -2.12. The van der Waals surface area contributed by atoms with E-state index in [1.165, 1.54) is 11.8 Å². The third-order valence-corrected chi connectivity index (χ3v) is 6.81. The first-order valence-corrected chi connectivity index (χ1v) is 14.1. The minimum Gasteiger partial charge on any atom is -0.484 e. The molecule has 2 N–H and O–H groups in total. The quantitative estimate of drug-likeness (QED) is 0.173. The van der Waals surface area contributed by atoms with E-state index in [1.807, 2.05) is 42.5 Å². The fourth-order valence-electron chi connectivity index (χ4n) is 3.48. The van der Waals surface area contributed by atoms with E-state index in [1.54, 1.807) is 47.9 Å². The Hall–Kier alpha value is -4.16. The number of anilines is 1. The van der Waals surface area contributed by atoms with Crippen molar-refractivity contribution in [1.82, 2.24) is 20.1 Å². The molecule has 40 heavy (non-hydrogen) atoms. The van der Waals surface area contributed by atoms with Crippen LogP contribution in [0.15, 0.2) is 88.5 Å². The number of aromatic nitrogens is 3. The zero-order valence-corrected chi connectivity index (χ0v) is 23.9. The third-order valence-electron chi connectivity index (χ3n) is 5.35. The van der Waals surface area contributed by atoms with E-state index in [4.69, 9.17) is 9.47 Å². The van der Waals surface area contributed by atoms with Crippen LogP contribution in [-0.2, 0) is 20.9 Å². The van der Waals surface area contributed by atoms with Crippen LogP contribution in [0.25, 0.3) is 5.69 Å². The van der Waals surface area contributed by atoms with Gasteiger partial charge >= 0.3 is 5.97 Å². The molecule has 0 aliphatic carbocycles. The molecular formula is C28H26BrN5O5S. The highest BCUT2D eigenvalue weighted by atomic mass is 79.9. The Morgan fingerprint density at radius 3 is 2.35 bits per heavy atom. The maximum Gasteiger partial charge on any atom is 0.338 e. The van der Waals surface area contributed by atoms with Crippen LogP contribution in [0.1, 0.15) is 23.1 Å². The smallest absolute Gasteiger partial charge is 0.338 e. The topological polar surface area (TPSA) is 124 Å². The summed E-state index contributed by atoms with van der Waals surface area (Å²) in [4.78, 5) is 36.9. The van der Waals surface area contributed by atoms with Crippen LogP contribution < -0.4 is 15.4 Å². The van der Waals surface area contributed by atoms with Crippen LogP contribution in [-0.4, -0.2) is 51.5 Å². The average Bonchev–Trinajstić information content (AvgIpc) is 3.38. The van der Waals surface area contributed by atoms with Gasteiger partial charge in [-0.1, -0.05) is 45.9 Å². The molecule has 0 saturated carbocycles. The van der Waals surface area contributed by atoms with Crippen molar-refractivity contribution in [1.29, 1.82) is 0 Å². The first kappa shape index (κ1) is 28.8. The van der Waals surface area contributed by atoms with Crippen molar-refractivity contribution in [3.05, 3.63) is 94.7 Å². The Morgan fingerprint density at radius 2 is 1.65 bits per heavy atom. The highest BCUT2D eigenvalue weighted by Gasteiger charge is 2.17. The fourth-order valence-corrected chi connectivity index (χ4v) is 4.52. The summed E-state index contributed by atoms with van der Waals surface area (Å²) in [6.07, 6.45) is 0. The molecule has 0 saturated heterocycles. The number of para-hydroxylation sites is 1. The Balaban J connectivity index is 1.39. The summed E-state index contributed by atoms with van der Waals surface area (Å²) in [5.74, 6) is 0.171. The first-order valence-electron chi connectivity index (χ1n) is 12.3. The number of benzene rings is 3. The highest BCUT2D eigenvalue weighted by Crippen LogP contribution is 2.24. The number of rotatable bonds is 12. The van der Waals surface area contributed by atoms with E-state index in [9.17, 15) is 14.4 Å². The van der Waals surface area contributed by atoms with Crippen molar-refractivity contribution >= 4 is 51.2 Å². The number of carbonyl (C=O) groups excluding carboxylic acids is 3. The lowest BCUT2D eigenvalue weighted by molar-refractivity contribution is -0.123. The van der Waals surface area contributed by atoms with Gasteiger partial charge in [0.1, 0.15) is 5.75 Å². The Kier molecular flexibility index (Phi) is 10.3. The van der Waals surface area contributed by atoms with Crippen LogP contribution in [0.2, 0.25) is 0 Å². The zero-order valence-electron chi connectivity index (χ0n) is 21.5. The number of carbonyl (C=O) groups is 3. The molecule has 0 aliphatic heterocycles. The lowest BCUT2D eigenvalue weighted by Crippen LogP contribution is -2.29. The normalized spacial score (nSPS) is 10.6. The number of thioether (sulfide) groups is 1. The van der Waals surface area contributed by atoms with E-state index in [0.29, 0.717) is 28.0 Å². The van der Waals surface area contributed by atoms with Gasteiger partial charge in [-0.2, -0.15) is 0 Å². The molecule has 0 aliphatic rings. The second-order valence-electron chi connectivity index (χ2n) is 8.22. The van der Waals surface area contributed by atoms with Gasteiger partial charge in [0.15, 0.2) is 17.6 Å². The van der Waals surface area contributed by atoms with Crippen molar-refractivity contribution in [2.24, 2.45) is 0 Å². The van der Waals surface area contributed by atoms with Gasteiger partial charge in [-0.05, 0) is 67.6 Å². The molecule has 2 amide bonds. The molecule has 10 nitrogen and oxygen atoms in total. The van der Waals surface area contributed by atoms with Crippen molar-refractivity contribution in [2.75, 3.05) is 24.3 Å². The average molecular weight is 625 g/mol. The summed E-state index contributed by atoms with van der Waals surface area (Å²) in [6, 6.07) is 23.1. The van der Waals surface area contributed by atoms with Gasteiger partial charge in [0, 0.05) is 15.8 Å². The molecule has 206 valence electrons. The molecule has 4 aromatic rings. The molecule has 0 fully saturated rings. The van der Waals surface area contributed by atoms with Crippen LogP contribution in [0.4, 0.5) is 5.69 Å². The molecule has 1 aromatic heterocycles. The predicted molar refractivity (Wildman–Crippen MR) is 155 cm³/mol. The number of nitrogens with one attached hydrogen (secondary N) is 2. The molecule has 0 unspecified atom stereocenters. The van der Waals surface area contributed by atoms with Crippen molar-refractivity contribution in [3.63, 3.8) is 0 Å². The second-order valence-corrected chi connectivity index (χ2v) is 10.1. The van der Waals surface area contributed by atoms with E-state index in [2.05, 4.69) is 36.8 Å². The Labute approximate surface area is 243 Å². The van der Waals surface area contributed by atoms with Crippen LogP contribution >= 0.6 is 27.7 Å². The molecular weight excluding hydrogens is 598 g/mol. The monoisotopic (exact) mass is 623 g/mol. The SMILES string of the molecule is CCOC(=O)c1ccc(NC(=O)CSc2nnc(CNC(=O)COc3ccccc3)n2-c2ccc(Br)cc2)cc1.